The zero-order valence-corrected chi connectivity index (χ0v) is 26.5. The number of oxazole rings is 1. The number of nitriles is 1. The molecule has 47 heavy (non-hydrogen) atoms. The van der Waals surface area contributed by atoms with Gasteiger partial charge in [0.1, 0.15) is 11.0 Å². The van der Waals surface area contributed by atoms with Gasteiger partial charge in [-0.15, -0.1) is 10.2 Å². The Morgan fingerprint density at radius 2 is 1.91 bits per heavy atom. The first-order valence-electron chi connectivity index (χ1n) is 15.8. The van der Waals surface area contributed by atoms with Crippen molar-refractivity contribution in [3.8, 4) is 28.7 Å². The number of ether oxygens (including phenoxy) is 1. The first-order valence-corrected chi connectivity index (χ1v) is 17.2. The van der Waals surface area contributed by atoms with Crippen molar-refractivity contribution in [1.29, 1.82) is 5.26 Å². The topological polar surface area (TPSA) is 170 Å². The summed E-state index contributed by atoms with van der Waals surface area (Å²) in [7, 11) is -3.90. The van der Waals surface area contributed by atoms with Gasteiger partial charge in [0.05, 0.1) is 46.3 Å². The summed E-state index contributed by atoms with van der Waals surface area (Å²) in [4.78, 5) is 22.6. The first-order chi connectivity index (χ1) is 22.8. The molecule has 3 aliphatic heterocycles. The molecule has 0 amide bonds. The molecule has 0 bridgehead atoms. The number of nitrogens with zero attached hydrogens (tertiary/aromatic N) is 7. The summed E-state index contributed by atoms with van der Waals surface area (Å²) in [6, 6.07) is 10.3. The largest absolute Gasteiger partial charge is 0.421 e. The summed E-state index contributed by atoms with van der Waals surface area (Å²) < 4.78 is 48.8. The van der Waals surface area contributed by atoms with Gasteiger partial charge in [0, 0.05) is 38.4 Å². The molecule has 240 valence electrons. The zero-order chi connectivity index (χ0) is 32.3. The Kier molecular flexibility index (Phi) is 7.27. The molecule has 4 aromatic heterocycles. The van der Waals surface area contributed by atoms with Crippen LogP contribution in [0.4, 0.5) is 0 Å². The molecule has 1 aromatic carbocycles. The van der Waals surface area contributed by atoms with Gasteiger partial charge in [-0.2, -0.15) is 9.57 Å². The third kappa shape index (κ3) is 5.06. The van der Waals surface area contributed by atoms with Crippen molar-refractivity contribution in [2.75, 3.05) is 19.8 Å². The summed E-state index contributed by atoms with van der Waals surface area (Å²) in [5.41, 5.74) is 4.53. The van der Waals surface area contributed by atoms with Crippen molar-refractivity contribution >= 4 is 21.1 Å². The number of sulfonamides is 1. The molecule has 2 fully saturated rings. The third-order valence-electron chi connectivity index (χ3n) is 9.44. The molecule has 8 rings (SSSR count). The van der Waals surface area contributed by atoms with E-state index < -0.39 is 15.8 Å². The van der Waals surface area contributed by atoms with Crippen LogP contribution in [0.3, 0.4) is 0 Å². The monoisotopic (exact) mass is 653 g/mol. The smallest absolute Gasteiger partial charge is 0.420 e. The maximum Gasteiger partial charge on any atom is 0.420 e. The van der Waals surface area contributed by atoms with E-state index in [2.05, 4.69) is 15.2 Å². The van der Waals surface area contributed by atoms with E-state index in [9.17, 15) is 13.2 Å². The molecule has 0 N–H and O–H groups in total. The van der Waals surface area contributed by atoms with E-state index in [1.165, 1.54) is 10.8 Å². The van der Waals surface area contributed by atoms with Crippen molar-refractivity contribution in [2.24, 2.45) is 5.92 Å². The van der Waals surface area contributed by atoms with E-state index in [0.717, 1.165) is 38.9 Å². The van der Waals surface area contributed by atoms with Crippen molar-refractivity contribution in [3.05, 3.63) is 75.6 Å². The van der Waals surface area contributed by atoms with Crippen LogP contribution in [0.1, 0.15) is 66.7 Å². The average molecular weight is 654 g/mol. The Hall–Kier alpha value is -4.71. The number of hydrogen-bond donors (Lipinski definition) is 0. The maximum absolute atomic E-state index is 14.2. The standard InChI is InChI=1S/C33H31N7O6S/c1-19-37-38-32(45-19)29-24(8-5-20-10-13-44-14-11-20)36-30-26-3-2-12-40(26)47(42,43)31(30)28(29)22-6-9-25-27(15-22)46-33(41)39(25)18-23-7-4-21(16-34)17-35-23/h4,6-7,9,15,17,20,26H,2-3,5,8,10-14,18H2,1H3/t26-/m0/s1. The second kappa shape index (κ2) is 11.5. The second-order valence-electron chi connectivity index (χ2n) is 12.3. The fraction of sp³-hybridized carbons (Fsp3) is 0.394. The number of aryl methyl sites for hydroxylation is 2. The first kappa shape index (κ1) is 29.7. The molecule has 0 spiro atoms. The number of benzene rings is 1. The molecule has 14 heteroatoms. The van der Waals surface area contributed by atoms with E-state index in [1.54, 1.807) is 41.6 Å². The minimum absolute atomic E-state index is 0.134. The van der Waals surface area contributed by atoms with E-state index >= 15 is 0 Å². The lowest BCUT2D eigenvalue weighted by Crippen LogP contribution is -2.23. The third-order valence-corrected chi connectivity index (χ3v) is 11.4. The van der Waals surface area contributed by atoms with Crippen LogP contribution in [-0.2, 0) is 27.7 Å². The molecule has 0 aliphatic carbocycles. The lowest BCUT2D eigenvalue weighted by atomic mass is 9.90. The highest BCUT2D eigenvalue weighted by atomic mass is 32.2. The number of aromatic nitrogens is 5. The van der Waals surface area contributed by atoms with Crippen LogP contribution < -0.4 is 5.76 Å². The molecular formula is C33H31N7O6S. The van der Waals surface area contributed by atoms with Gasteiger partial charge in [-0.1, -0.05) is 6.07 Å². The molecule has 0 radical (unpaired) electrons. The molecule has 2 saturated heterocycles. The van der Waals surface area contributed by atoms with Gasteiger partial charge in [-0.3, -0.25) is 14.5 Å². The van der Waals surface area contributed by atoms with Gasteiger partial charge >= 0.3 is 5.76 Å². The molecule has 0 saturated carbocycles. The summed E-state index contributed by atoms with van der Waals surface area (Å²) in [6.07, 6.45) is 6.29. The lowest BCUT2D eigenvalue weighted by molar-refractivity contribution is 0.0639. The minimum atomic E-state index is -3.90. The molecule has 3 aliphatic rings. The van der Waals surface area contributed by atoms with E-state index in [0.29, 0.717) is 81.6 Å². The van der Waals surface area contributed by atoms with Crippen molar-refractivity contribution in [1.82, 2.24) is 29.0 Å². The quantitative estimate of drug-likeness (QED) is 0.242. The molecule has 0 unspecified atom stereocenters. The summed E-state index contributed by atoms with van der Waals surface area (Å²) in [5, 5.41) is 17.5. The highest BCUT2D eigenvalue weighted by Crippen LogP contribution is 2.52. The van der Waals surface area contributed by atoms with E-state index in [1.807, 2.05) is 6.07 Å². The molecule has 7 heterocycles. The Morgan fingerprint density at radius 1 is 1.06 bits per heavy atom. The number of pyridine rings is 2. The normalized spacial score (nSPS) is 19.2. The van der Waals surface area contributed by atoms with Crippen molar-refractivity contribution < 1.29 is 22.0 Å². The Balaban J connectivity index is 1.31. The van der Waals surface area contributed by atoms with Crippen LogP contribution in [0.2, 0.25) is 0 Å². The van der Waals surface area contributed by atoms with Crippen LogP contribution in [0.15, 0.2) is 55.1 Å². The average Bonchev–Trinajstić information content (AvgIpc) is 3.85. The summed E-state index contributed by atoms with van der Waals surface area (Å²) >= 11 is 0. The van der Waals surface area contributed by atoms with Gasteiger partial charge in [0.2, 0.25) is 21.8 Å². The second-order valence-corrected chi connectivity index (χ2v) is 14.1. The van der Waals surface area contributed by atoms with Crippen LogP contribution in [0.25, 0.3) is 33.7 Å². The summed E-state index contributed by atoms with van der Waals surface area (Å²) in [5.74, 6) is 0.423. The Bertz CT molecular complexity index is 2230. The van der Waals surface area contributed by atoms with Crippen molar-refractivity contribution in [3.63, 3.8) is 0 Å². The molecular weight excluding hydrogens is 622 g/mol. The van der Waals surface area contributed by atoms with Gasteiger partial charge < -0.3 is 13.6 Å². The van der Waals surface area contributed by atoms with Gasteiger partial charge in [-0.25, -0.2) is 13.2 Å². The fourth-order valence-electron chi connectivity index (χ4n) is 7.12. The minimum Gasteiger partial charge on any atom is -0.421 e. The van der Waals surface area contributed by atoms with Gasteiger partial charge in [0.15, 0.2) is 5.58 Å². The fourth-order valence-corrected chi connectivity index (χ4v) is 9.19. The Morgan fingerprint density at radius 3 is 2.66 bits per heavy atom. The van der Waals surface area contributed by atoms with Crippen LogP contribution in [-0.4, -0.2) is 57.2 Å². The van der Waals surface area contributed by atoms with Crippen LogP contribution in [0, 0.1) is 24.2 Å². The SMILES string of the molecule is Cc1nnc(-c2c(CCC3CCOCC3)nc3c(c2-c2ccc4c(c2)oc(=O)n4Cc2ccc(C#N)cn2)S(=O)(=O)N2CCC[C@@H]32)o1. The van der Waals surface area contributed by atoms with Gasteiger partial charge in [0.25, 0.3) is 0 Å². The predicted octanol–water partition coefficient (Wildman–Crippen LogP) is 4.53. The zero-order valence-electron chi connectivity index (χ0n) is 25.7. The lowest BCUT2D eigenvalue weighted by Gasteiger charge is -2.23. The van der Waals surface area contributed by atoms with E-state index in [-0.39, 0.29) is 23.4 Å². The number of rotatable bonds is 7. The highest BCUT2D eigenvalue weighted by Gasteiger charge is 2.49. The molecule has 5 aromatic rings. The van der Waals surface area contributed by atoms with Crippen LogP contribution in [0.5, 0.6) is 0 Å². The van der Waals surface area contributed by atoms with E-state index in [4.69, 9.17) is 23.8 Å². The number of hydrogen-bond acceptors (Lipinski definition) is 11. The highest BCUT2D eigenvalue weighted by molar-refractivity contribution is 7.89. The Labute approximate surface area is 269 Å². The number of fused-ring (bicyclic) bond motifs is 4. The van der Waals surface area contributed by atoms with Crippen LogP contribution >= 0.6 is 0 Å². The maximum atomic E-state index is 14.2. The van der Waals surface area contributed by atoms with Crippen molar-refractivity contribution in [2.45, 2.75) is 62.9 Å². The summed E-state index contributed by atoms with van der Waals surface area (Å²) in [6.45, 7) is 3.71. The molecule has 13 nitrogen and oxygen atoms in total. The molecule has 1 atom stereocenters. The predicted molar refractivity (Wildman–Crippen MR) is 168 cm³/mol. The van der Waals surface area contributed by atoms with Gasteiger partial charge in [-0.05, 0) is 74.3 Å².